The van der Waals surface area contributed by atoms with Gasteiger partial charge in [-0.05, 0) is 63.6 Å². The van der Waals surface area contributed by atoms with E-state index in [0.29, 0.717) is 22.2 Å². The Morgan fingerprint density at radius 3 is 2.42 bits per heavy atom. The zero-order chi connectivity index (χ0) is 17.7. The number of carbonyl (C=O) groups is 1. The summed E-state index contributed by atoms with van der Waals surface area (Å²) in [4.78, 5) is 12.3. The molecule has 128 valence electrons. The van der Waals surface area contributed by atoms with E-state index in [1.807, 2.05) is 45.0 Å². The Labute approximate surface area is 147 Å². The molecule has 0 saturated heterocycles. The summed E-state index contributed by atoms with van der Waals surface area (Å²) in [5, 5.41) is 3.50. The van der Waals surface area contributed by atoms with E-state index in [2.05, 4.69) is 5.32 Å². The zero-order valence-electron chi connectivity index (χ0n) is 14.3. The number of nitrogens with one attached hydrogen (secondary N) is 1. The molecule has 0 unspecified atom stereocenters. The van der Waals surface area contributed by atoms with Gasteiger partial charge in [0.1, 0.15) is 11.5 Å². The number of hydrogen-bond donors (Lipinski definition) is 1. The van der Waals surface area contributed by atoms with Gasteiger partial charge in [0.15, 0.2) is 6.10 Å². The lowest BCUT2D eigenvalue weighted by molar-refractivity contribution is -0.122. The second kappa shape index (κ2) is 8.06. The highest BCUT2D eigenvalue weighted by molar-refractivity contribution is 6.31. The van der Waals surface area contributed by atoms with Crippen LogP contribution in [-0.4, -0.2) is 18.1 Å². The van der Waals surface area contributed by atoms with Gasteiger partial charge in [0.05, 0.1) is 6.10 Å². The number of benzene rings is 2. The highest BCUT2D eigenvalue weighted by Crippen LogP contribution is 2.23. The summed E-state index contributed by atoms with van der Waals surface area (Å²) in [6.07, 6.45) is -0.563. The lowest BCUT2D eigenvalue weighted by Gasteiger charge is -2.16. The molecule has 4 nitrogen and oxygen atoms in total. The molecule has 0 heterocycles. The van der Waals surface area contributed by atoms with E-state index in [-0.39, 0.29) is 12.0 Å². The highest BCUT2D eigenvalue weighted by atomic mass is 35.5. The van der Waals surface area contributed by atoms with Gasteiger partial charge in [0.25, 0.3) is 5.91 Å². The van der Waals surface area contributed by atoms with Crippen molar-refractivity contribution in [1.82, 2.24) is 0 Å². The summed E-state index contributed by atoms with van der Waals surface area (Å²) in [5.41, 5.74) is 1.57. The molecule has 0 radical (unpaired) electrons. The van der Waals surface area contributed by atoms with E-state index in [1.165, 1.54) is 0 Å². The fourth-order valence-corrected chi connectivity index (χ4v) is 2.23. The molecule has 1 amide bonds. The van der Waals surface area contributed by atoms with Crippen molar-refractivity contribution in [2.45, 2.75) is 39.9 Å². The molecule has 0 spiro atoms. The summed E-state index contributed by atoms with van der Waals surface area (Å²) < 4.78 is 11.3. The molecular weight excluding hydrogens is 326 g/mol. The van der Waals surface area contributed by atoms with Gasteiger partial charge in [0.2, 0.25) is 0 Å². The number of anilines is 1. The maximum Gasteiger partial charge on any atom is 0.265 e. The van der Waals surface area contributed by atoms with Crippen LogP contribution < -0.4 is 14.8 Å². The monoisotopic (exact) mass is 347 g/mol. The first kappa shape index (κ1) is 18.1. The van der Waals surface area contributed by atoms with Crippen LogP contribution in [0.25, 0.3) is 0 Å². The van der Waals surface area contributed by atoms with E-state index in [9.17, 15) is 4.79 Å². The second-order valence-corrected chi connectivity index (χ2v) is 6.26. The number of carbonyl (C=O) groups excluding carboxylic acids is 1. The van der Waals surface area contributed by atoms with Gasteiger partial charge in [-0.2, -0.15) is 0 Å². The van der Waals surface area contributed by atoms with Crippen molar-refractivity contribution in [2.24, 2.45) is 0 Å². The van der Waals surface area contributed by atoms with Gasteiger partial charge in [-0.3, -0.25) is 4.79 Å². The SMILES string of the molecule is Cc1cc(O[C@H](C)C(=O)Nc2cccc(OC(C)C)c2)ccc1Cl. The maximum absolute atomic E-state index is 12.3. The first-order valence-corrected chi connectivity index (χ1v) is 8.23. The summed E-state index contributed by atoms with van der Waals surface area (Å²) in [6.45, 7) is 7.50. The van der Waals surface area contributed by atoms with Crippen LogP contribution in [0.15, 0.2) is 42.5 Å². The number of ether oxygens (including phenoxy) is 2. The lowest BCUT2D eigenvalue weighted by Crippen LogP contribution is -2.30. The van der Waals surface area contributed by atoms with E-state index < -0.39 is 6.10 Å². The third kappa shape index (κ3) is 5.17. The fraction of sp³-hybridized carbons (Fsp3) is 0.316. The molecule has 2 rings (SSSR count). The average molecular weight is 348 g/mol. The van der Waals surface area contributed by atoms with Crippen LogP contribution >= 0.6 is 11.6 Å². The van der Waals surface area contributed by atoms with Crippen molar-refractivity contribution in [3.05, 3.63) is 53.1 Å². The summed E-state index contributed by atoms with van der Waals surface area (Å²) in [7, 11) is 0. The number of hydrogen-bond acceptors (Lipinski definition) is 3. The second-order valence-electron chi connectivity index (χ2n) is 5.85. The molecule has 5 heteroatoms. The van der Waals surface area contributed by atoms with Gasteiger partial charge < -0.3 is 14.8 Å². The molecule has 1 N–H and O–H groups in total. The molecule has 0 aromatic heterocycles. The Hall–Kier alpha value is -2.20. The minimum Gasteiger partial charge on any atom is -0.491 e. The van der Waals surface area contributed by atoms with Gasteiger partial charge in [-0.15, -0.1) is 0 Å². The topological polar surface area (TPSA) is 47.6 Å². The summed E-state index contributed by atoms with van der Waals surface area (Å²) in [5.74, 6) is 1.09. The first-order valence-electron chi connectivity index (χ1n) is 7.85. The Kier molecular flexibility index (Phi) is 6.10. The number of aryl methyl sites for hydroxylation is 1. The van der Waals surface area contributed by atoms with Gasteiger partial charge >= 0.3 is 0 Å². The molecule has 0 aliphatic rings. The molecule has 0 fully saturated rings. The Balaban J connectivity index is 1.99. The minimum atomic E-state index is -0.639. The molecule has 2 aromatic carbocycles. The van der Waals surface area contributed by atoms with Crippen LogP contribution in [0.3, 0.4) is 0 Å². The molecule has 0 aliphatic carbocycles. The Morgan fingerprint density at radius 2 is 1.75 bits per heavy atom. The quantitative estimate of drug-likeness (QED) is 0.813. The molecular formula is C19H22ClNO3. The van der Waals surface area contributed by atoms with Crippen LogP contribution in [0.2, 0.25) is 5.02 Å². The predicted octanol–water partition coefficient (Wildman–Crippen LogP) is 4.84. The van der Waals surface area contributed by atoms with Crippen LogP contribution in [0.1, 0.15) is 26.3 Å². The van der Waals surface area contributed by atoms with Gasteiger partial charge in [-0.25, -0.2) is 0 Å². The largest absolute Gasteiger partial charge is 0.491 e. The normalized spacial score (nSPS) is 11.9. The van der Waals surface area contributed by atoms with Gasteiger partial charge in [-0.1, -0.05) is 17.7 Å². The third-order valence-corrected chi connectivity index (χ3v) is 3.71. The number of halogens is 1. The Bertz CT molecular complexity index is 716. The van der Waals surface area contributed by atoms with Crippen molar-refractivity contribution < 1.29 is 14.3 Å². The minimum absolute atomic E-state index is 0.0753. The molecule has 0 saturated carbocycles. The highest BCUT2D eigenvalue weighted by Gasteiger charge is 2.15. The number of rotatable bonds is 6. The van der Waals surface area contributed by atoms with Crippen molar-refractivity contribution in [1.29, 1.82) is 0 Å². The van der Waals surface area contributed by atoms with Crippen LogP contribution in [0, 0.1) is 6.92 Å². The summed E-state index contributed by atoms with van der Waals surface area (Å²) in [6, 6.07) is 12.6. The Morgan fingerprint density at radius 1 is 1.04 bits per heavy atom. The fourth-order valence-electron chi connectivity index (χ4n) is 2.11. The standard InChI is InChI=1S/C19H22ClNO3/c1-12(2)23-16-7-5-6-15(11-16)21-19(22)14(4)24-17-8-9-18(20)13(3)10-17/h5-12,14H,1-4H3,(H,21,22)/t14-/m1/s1. The smallest absolute Gasteiger partial charge is 0.265 e. The van der Waals surface area contributed by atoms with Crippen LogP contribution in [0.4, 0.5) is 5.69 Å². The van der Waals surface area contributed by atoms with E-state index in [0.717, 1.165) is 5.56 Å². The van der Waals surface area contributed by atoms with Crippen molar-refractivity contribution >= 4 is 23.2 Å². The van der Waals surface area contributed by atoms with Crippen molar-refractivity contribution in [3.8, 4) is 11.5 Å². The average Bonchev–Trinajstić information content (AvgIpc) is 2.50. The molecule has 0 bridgehead atoms. The predicted molar refractivity (Wildman–Crippen MR) is 97.1 cm³/mol. The van der Waals surface area contributed by atoms with Crippen molar-refractivity contribution in [3.63, 3.8) is 0 Å². The van der Waals surface area contributed by atoms with Crippen molar-refractivity contribution in [2.75, 3.05) is 5.32 Å². The molecule has 2 aromatic rings. The molecule has 1 atom stereocenters. The zero-order valence-corrected chi connectivity index (χ0v) is 15.1. The maximum atomic E-state index is 12.3. The first-order chi connectivity index (χ1) is 11.3. The summed E-state index contributed by atoms with van der Waals surface area (Å²) >= 11 is 5.99. The third-order valence-electron chi connectivity index (χ3n) is 3.28. The van der Waals surface area contributed by atoms with Gasteiger partial charge in [0, 0.05) is 16.8 Å². The van der Waals surface area contributed by atoms with Crippen LogP contribution in [-0.2, 0) is 4.79 Å². The number of amides is 1. The van der Waals surface area contributed by atoms with E-state index in [1.54, 1.807) is 25.1 Å². The van der Waals surface area contributed by atoms with Crippen LogP contribution in [0.5, 0.6) is 11.5 Å². The molecule has 24 heavy (non-hydrogen) atoms. The lowest BCUT2D eigenvalue weighted by atomic mass is 10.2. The molecule has 0 aliphatic heterocycles. The van der Waals surface area contributed by atoms with E-state index in [4.69, 9.17) is 21.1 Å². The van der Waals surface area contributed by atoms with E-state index >= 15 is 0 Å².